The lowest BCUT2D eigenvalue weighted by molar-refractivity contribution is 1.10. The Morgan fingerprint density at radius 1 is 1.29 bits per heavy atom. The fourth-order valence-electron chi connectivity index (χ4n) is 1.96. The molecule has 0 radical (unpaired) electrons. The van der Waals surface area contributed by atoms with E-state index in [4.69, 9.17) is 17.3 Å². The summed E-state index contributed by atoms with van der Waals surface area (Å²) in [6, 6.07) is 5.76. The number of anilines is 1. The van der Waals surface area contributed by atoms with E-state index in [1.54, 1.807) is 6.07 Å². The molecule has 0 fully saturated rings. The molecule has 0 spiro atoms. The van der Waals surface area contributed by atoms with Crippen molar-refractivity contribution in [3.8, 4) is 11.3 Å². The van der Waals surface area contributed by atoms with E-state index in [0.717, 1.165) is 27.7 Å². The van der Waals surface area contributed by atoms with Gasteiger partial charge in [0.05, 0.1) is 16.2 Å². The second-order valence-corrected chi connectivity index (χ2v) is 4.47. The number of H-pyrrole nitrogens is 2. The number of nitrogens with two attached hydrogens (primary N) is 1. The summed E-state index contributed by atoms with van der Waals surface area (Å²) in [5, 5.41) is 8.60. The fourth-order valence-corrected chi connectivity index (χ4v) is 2.24. The quantitative estimate of drug-likeness (QED) is 0.617. The highest BCUT2D eigenvalue weighted by Crippen LogP contribution is 2.31. The molecule has 0 bridgehead atoms. The van der Waals surface area contributed by atoms with Crippen LogP contribution < -0.4 is 5.73 Å². The third kappa shape index (κ3) is 1.57. The van der Waals surface area contributed by atoms with Crippen molar-refractivity contribution >= 4 is 28.3 Å². The zero-order valence-corrected chi connectivity index (χ0v) is 9.97. The number of nitrogens with zero attached hydrogens (tertiary/aromatic N) is 1. The van der Waals surface area contributed by atoms with E-state index in [9.17, 15) is 0 Å². The number of fused-ring (bicyclic) bond motifs is 1. The van der Waals surface area contributed by atoms with E-state index < -0.39 is 0 Å². The number of nitrogen functional groups attached to an aromatic ring is 1. The number of aromatic nitrogens is 3. The Morgan fingerprint density at radius 3 is 2.82 bits per heavy atom. The van der Waals surface area contributed by atoms with Gasteiger partial charge in [-0.3, -0.25) is 5.10 Å². The number of benzene rings is 1. The van der Waals surface area contributed by atoms with Crippen LogP contribution in [0.5, 0.6) is 0 Å². The highest BCUT2D eigenvalue weighted by atomic mass is 35.5. The molecule has 0 aliphatic heterocycles. The second kappa shape index (κ2) is 3.53. The highest BCUT2D eigenvalue weighted by Gasteiger charge is 2.09. The summed E-state index contributed by atoms with van der Waals surface area (Å²) in [5.74, 6) is 0.474. The van der Waals surface area contributed by atoms with E-state index in [1.165, 1.54) is 0 Å². The summed E-state index contributed by atoms with van der Waals surface area (Å²) >= 11 is 6.24. The monoisotopic (exact) mass is 246 g/mol. The molecule has 0 amide bonds. The molecule has 4 nitrogen and oxygen atoms in total. The van der Waals surface area contributed by atoms with Gasteiger partial charge in [-0.15, -0.1) is 0 Å². The Bertz CT molecular complexity index is 696. The molecular weight excluding hydrogens is 236 g/mol. The van der Waals surface area contributed by atoms with Gasteiger partial charge >= 0.3 is 0 Å². The Hall–Kier alpha value is -1.94. The van der Waals surface area contributed by atoms with Crippen molar-refractivity contribution in [1.29, 1.82) is 0 Å². The molecule has 86 valence electrons. The van der Waals surface area contributed by atoms with E-state index in [1.807, 2.05) is 19.2 Å². The predicted molar refractivity (Wildman–Crippen MR) is 70.0 cm³/mol. The average molecular weight is 247 g/mol. The first-order valence-corrected chi connectivity index (χ1v) is 5.61. The summed E-state index contributed by atoms with van der Waals surface area (Å²) in [6.07, 6.45) is 1.95. The number of rotatable bonds is 1. The van der Waals surface area contributed by atoms with Gasteiger partial charge in [0.15, 0.2) is 0 Å². The van der Waals surface area contributed by atoms with Crippen LogP contribution in [0, 0.1) is 6.92 Å². The smallest absolute Gasteiger partial charge is 0.145 e. The second-order valence-electron chi connectivity index (χ2n) is 4.06. The fraction of sp³-hybridized carbons (Fsp3) is 0.0833. The highest BCUT2D eigenvalue weighted by molar-refractivity contribution is 6.35. The molecule has 5 heteroatoms. The molecule has 2 heterocycles. The number of nitrogens with one attached hydrogen (secondary N) is 2. The predicted octanol–water partition coefficient (Wildman–Crippen LogP) is 3.10. The summed E-state index contributed by atoms with van der Waals surface area (Å²) in [5.41, 5.74) is 9.57. The van der Waals surface area contributed by atoms with E-state index in [0.29, 0.717) is 10.8 Å². The summed E-state index contributed by atoms with van der Waals surface area (Å²) in [6.45, 7) is 2.04. The van der Waals surface area contributed by atoms with Crippen molar-refractivity contribution < 1.29 is 0 Å². The van der Waals surface area contributed by atoms with E-state index in [-0.39, 0.29) is 0 Å². The number of halogens is 1. The molecule has 3 aromatic rings. The molecule has 17 heavy (non-hydrogen) atoms. The van der Waals surface area contributed by atoms with Gasteiger partial charge in [0, 0.05) is 23.2 Å². The zero-order valence-electron chi connectivity index (χ0n) is 9.21. The van der Waals surface area contributed by atoms with Crippen molar-refractivity contribution in [2.24, 2.45) is 0 Å². The van der Waals surface area contributed by atoms with Gasteiger partial charge in [0.1, 0.15) is 5.82 Å². The van der Waals surface area contributed by atoms with Crippen molar-refractivity contribution in [2.75, 3.05) is 5.73 Å². The summed E-state index contributed by atoms with van der Waals surface area (Å²) < 4.78 is 0. The first kappa shape index (κ1) is 10.2. The third-order valence-corrected chi connectivity index (χ3v) is 3.15. The molecule has 0 saturated heterocycles. The molecule has 4 N–H and O–H groups in total. The van der Waals surface area contributed by atoms with Gasteiger partial charge in [0.2, 0.25) is 0 Å². The van der Waals surface area contributed by atoms with Crippen molar-refractivity contribution in [1.82, 2.24) is 15.2 Å². The maximum atomic E-state index is 6.24. The molecule has 0 saturated carbocycles. The molecule has 2 aromatic heterocycles. The van der Waals surface area contributed by atoms with Crippen molar-refractivity contribution in [2.45, 2.75) is 6.92 Å². The Morgan fingerprint density at radius 2 is 2.12 bits per heavy atom. The van der Waals surface area contributed by atoms with Crippen molar-refractivity contribution in [3.05, 3.63) is 35.0 Å². The molecular formula is C12H11ClN4. The van der Waals surface area contributed by atoms with Crippen LogP contribution in [0.1, 0.15) is 5.56 Å². The van der Waals surface area contributed by atoms with Crippen LogP contribution in [-0.2, 0) is 0 Å². The number of aryl methyl sites for hydroxylation is 1. The van der Waals surface area contributed by atoms with E-state index in [2.05, 4.69) is 21.2 Å². The number of hydrogen-bond donors (Lipinski definition) is 3. The Labute approximate surface area is 103 Å². The molecule has 0 aliphatic carbocycles. The minimum absolute atomic E-state index is 0.474. The SMILES string of the molecule is Cc1c[nH]c2c(Cl)cc(-c3cc(N)n[nH]3)cc12. The van der Waals surface area contributed by atoms with Crippen LogP contribution >= 0.6 is 11.6 Å². The largest absolute Gasteiger partial charge is 0.382 e. The molecule has 0 unspecified atom stereocenters. The van der Waals surface area contributed by atoms with Crippen molar-refractivity contribution in [3.63, 3.8) is 0 Å². The van der Waals surface area contributed by atoms with Gasteiger partial charge in [-0.1, -0.05) is 11.6 Å². The lowest BCUT2D eigenvalue weighted by atomic mass is 10.1. The van der Waals surface area contributed by atoms with Crippen LogP contribution in [0.3, 0.4) is 0 Å². The van der Waals surface area contributed by atoms with Crippen LogP contribution in [0.25, 0.3) is 22.2 Å². The van der Waals surface area contributed by atoms with Gasteiger partial charge in [-0.25, -0.2) is 0 Å². The van der Waals surface area contributed by atoms with Gasteiger partial charge in [-0.2, -0.15) is 5.10 Å². The minimum Gasteiger partial charge on any atom is -0.382 e. The molecule has 0 atom stereocenters. The van der Waals surface area contributed by atoms with E-state index >= 15 is 0 Å². The van der Waals surface area contributed by atoms with Crippen LogP contribution in [0.4, 0.5) is 5.82 Å². The average Bonchev–Trinajstić information content (AvgIpc) is 2.87. The lowest BCUT2D eigenvalue weighted by Gasteiger charge is -2.01. The van der Waals surface area contributed by atoms with Gasteiger partial charge in [0.25, 0.3) is 0 Å². The number of aromatic amines is 2. The summed E-state index contributed by atoms with van der Waals surface area (Å²) in [4.78, 5) is 3.16. The topological polar surface area (TPSA) is 70.5 Å². The van der Waals surface area contributed by atoms with Gasteiger partial charge < -0.3 is 10.7 Å². The Kier molecular flexibility index (Phi) is 2.12. The lowest BCUT2D eigenvalue weighted by Crippen LogP contribution is -1.81. The molecule has 1 aromatic carbocycles. The molecule has 3 rings (SSSR count). The normalized spacial score (nSPS) is 11.2. The first-order chi connectivity index (χ1) is 8.15. The van der Waals surface area contributed by atoms with Crippen LogP contribution in [0.2, 0.25) is 5.02 Å². The molecule has 0 aliphatic rings. The minimum atomic E-state index is 0.474. The summed E-state index contributed by atoms with van der Waals surface area (Å²) in [7, 11) is 0. The zero-order chi connectivity index (χ0) is 12.0. The van der Waals surface area contributed by atoms with Crippen LogP contribution in [-0.4, -0.2) is 15.2 Å². The first-order valence-electron chi connectivity index (χ1n) is 5.23. The van der Waals surface area contributed by atoms with Gasteiger partial charge in [-0.05, 0) is 24.6 Å². The maximum Gasteiger partial charge on any atom is 0.145 e. The standard InChI is InChI=1S/C12H11ClN4/c1-6-5-15-12-8(6)2-7(3-9(12)13)10-4-11(14)17-16-10/h2-5,15H,1H3,(H3,14,16,17). The number of hydrogen-bond acceptors (Lipinski definition) is 2. The Balaban J connectivity index is 2.27. The maximum absolute atomic E-state index is 6.24. The van der Waals surface area contributed by atoms with Crippen LogP contribution in [0.15, 0.2) is 24.4 Å². The third-order valence-electron chi connectivity index (χ3n) is 2.86.